The molecule has 0 saturated heterocycles. The molecule has 0 aliphatic heterocycles. The number of hydrogen-bond donors (Lipinski definition) is 0. The number of rotatable bonds is 8. The topological polar surface area (TPSA) is 69.4 Å². The van der Waals surface area contributed by atoms with Gasteiger partial charge < -0.3 is 4.74 Å². The molecular formula is C23H28ClNO4. The van der Waals surface area contributed by atoms with E-state index in [9.17, 15) is 14.9 Å². The normalized spacial score (nSPS) is 12.0. The molecule has 0 fully saturated rings. The Morgan fingerprint density at radius 3 is 2.10 bits per heavy atom. The highest BCUT2D eigenvalue weighted by Gasteiger charge is 2.27. The zero-order chi connectivity index (χ0) is 22.0. The Balaban J connectivity index is 2.61. The number of halogens is 1. The second-order valence-electron chi connectivity index (χ2n) is 8.50. The first-order valence-corrected chi connectivity index (χ1v) is 10.1. The molecule has 0 atom stereocenters. The van der Waals surface area contributed by atoms with Gasteiger partial charge in [0.1, 0.15) is 11.5 Å². The van der Waals surface area contributed by atoms with Crippen LogP contribution in [0.3, 0.4) is 0 Å². The first-order chi connectivity index (χ1) is 13.4. The Morgan fingerprint density at radius 1 is 1.00 bits per heavy atom. The van der Waals surface area contributed by atoms with Crippen LogP contribution in [-0.4, -0.2) is 10.2 Å². The minimum Gasteiger partial charge on any atom is -0.456 e. The smallest absolute Gasteiger partial charge is 0.270 e. The lowest BCUT2D eigenvalue weighted by Gasteiger charge is -2.30. The minimum absolute atomic E-state index is 0.0156. The summed E-state index contributed by atoms with van der Waals surface area (Å²) < 4.78 is 6.10. The third-order valence-electron chi connectivity index (χ3n) is 5.86. The number of nitro groups is 1. The molecule has 156 valence electrons. The summed E-state index contributed by atoms with van der Waals surface area (Å²) in [5.74, 6) is 0.812. The van der Waals surface area contributed by atoms with Crippen molar-refractivity contribution < 1.29 is 14.5 Å². The van der Waals surface area contributed by atoms with Crippen LogP contribution in [0.2, 0.25) is 0 Å². The van der Waals surface area contributed by atoms with Crippen molar-refractivity contribution in [1.29, 1.82) is 0 Å². The minimum atomic E-state index is -0.802. The largest absolute Gasteiger partial charge is 0.456 e. The highest BCUT2D eigenvalue weighted by Crippen LogP contribution is 2.41. The van der Waals surface area contributed by atoms with E-state index in [1.165, 1.54) is 17.7 Å². The molecule has 29 heavy (non-hydrogen) atoms. The maximum atomic E-state index is 11.9. The van der Waals surface area contributed by atoms with Crippen molar-refractivity contribution in [3.05, 3.63) is 63.2 Å². The van der Waals surface area contributed by atoms with E-state index in [2.05, 4.69) is 47.6 Å². The molecule has 0 radical (unpaired) electrons. The van der Waals surface area contributed by atoms with Gasteiger partial charge in [0, 0.05) is 17.7 Å². The Labute approximate surface area is 177 Å². The summed E-state index contributed by atoms with van der Waals surface area (Å²) >= 11 is 5.67. The Morgan fingerprint density at radius 2 is 1.59 bits per heavy atom. The predicted octanol–water partition coefficient (Wildman–Crippen LogP) is 7.14. The van der Waals surface area contributed by atoms with Crippen molar-refractivity contribution in [3.8, 4) is 11.5 Å². The van der Waals surface area contributed by atoms with Gasteiger partial charge >= 0.3 is 0 Å². The van der Waals surface area contributed by atoms with Crippen molar-refractivity contribution in [2.75, 3.05) is 0 Å². The average molecular weight is 418 g/mol. The number of benzene rings is 2. The van der Waals surface area contributed by atoms with E-state index < -0.39 is 10.2 Å². The van der Waals surface area contributed by atoms with Crippen molar-refractivity contribution >= 4 is 22.5 Å². The van der Waals surface area contributed by atoms with Gasteiger partial charge in [-0.2, -0.15) is 0 Å². The second kappa shape index (κ2) is 8.54. The predicted molar refractivity (Wildman–Crippen MR) is 116 cm³/mol. The molecule has 0 unspecified atom stereocenters. The van der Waals surface area contributed by atoms with Crippen molar-refractivity contribution in [1.82, 2.24) is 0 Å². The van der Waals surface area contributed by atoms with Gasteiger partial charge in [-0.25, -0.2) is 0 Å². The van der Waals surface area contributed by atoms with Gasteiger partial charge in [0.2, 0.25) is 0 Å². The Kier molecular flexibility index (Phi) is 6.74. The molecule has 0 aliphatic rings. The molecule has 0 amide bonds. The molecule has 2 rings (SSSR count). The molecule has 0 heterocycles. The summed E-state index contributed by atoms with van der Waals surface area (Å²) in [6.45, 7) is 13.0. The Hall–Kier alpha value is -2.40. The van der Waals surface area contributed by atoms with Gasteiger partial charge in [0.25, 0.3) is 10.9 Å². The summed E-state index contributed by atoms with van der Waals surface area (Å²) in [5.41, 5.74) is 1.84. The van der Waals surface area contributed by atoms with Gasteiger partial charge in [-0.3, -0.25) is 14.9 Å². The third-order valence-corrected chi connectivity index (χ3v) is 6.07. The summed E-state index contributed by atoms with van der Waals surface area (Å²) in [6.07, 6.45) is 1.88. The zero-order valence-electron chi connectivity index (χ0n) is 17.8. The van der Waals surface area contributed by atoms with E-state index in [0.29, 0.717) is 5.75 Å². The number of carbonyl (C=O) groups is 1. The highest BCUT2D eigenvalue weighted by molar-refractivity contribution is 6.68. The summed E-state index contributed by atoms with van der Waals surface area (Å²) in [7, 11) is 0. The van der Waals surface area contributed by atoms with Crippen LogP contribution in [-0.2, 0) is 10.8 Å². The van der Waals surface area contributed by atoms with E-state index in [4.69, 9.17) is 16.3 Å². The van der Waals surface area contributed by atoms with Gasteiger partial charge in [0.15, 0.2) is 0 Å². The van der Waals surface area contributed by atoms with Crippen molar-refractivity contribution in [2.45, 2.75) is 65.2 Å². The highest BCUT2D eigenvalue weighted by atomic mass is 35.5. The maximum Gasteiger partial charge on any atom is 0.270 e. The van der Waals surface area contributed by atoms with Crippen LogP contribution in [0.4, 0.5) is 5.69 Å². The number of non-ortho nitro benzene ring substituents is 1. The van der Waals surface area contributed by atoms with Crippen LogP contribution >= 0.6 is 11.6 Å². The van der Waals surface area contributed by atoms with Crippen LogP contribution < -0.4 is 4.74 Å². The molecule has 6 heteroatoms. The molecule has 0 saturated carbocycles. The molecule has 0 aliphatic carbocycles. The lowest BCUT2D eigenvalue weighted by molar-refractivity contribution is -0.384. The van der Waals surface area contributed by atoms with Crippen molar-refractivity contribution in [2.24, 2.45) is 0 Å². The molecule has 2 aromatic rings. The summed E-state index contributed by atoms with van der Waals surface area (Å²) in [5, 5.41) is 10.2. The fraction of sp³-hybridized carbons (Fsp3) is 0.435. The average Bonchev–Trinajstić information content (AvgIpc) is 2.67. The molecule has 0 aromatic heterocycles. The lowest BCUT2D eigenvalue weighted by atomic mass is 9.76. The van der Waals surface area contributed by atoms with Crippen molar-refractivity contribution in [3.63, 3.8) is 0 Å². The molecule has 0 N–H and O–H groups in total. The van der Waals surface area contributed by atoms with E-state index in [1.54, 1.807) is 0 Å². The molecule has 2 aromatic carbocycles. The van der Waals surface area contributed by atoms with E-state index in [-0.39, 0.29) is 27.8 Å². The molecular weight excluding hydrogens is 390 g/mol. The fourth-order valence-corrected chi connectivity index (χ4v) is 3.10. The number of carbonyl (C=O) groups excluding carboxylic acids is 1. The first-order valence-electron chi connectivity index (χ1n) is 9.74. The number of nitrogens with zero attached hydrogens (tertiary/aromatic N) is 1. The lowest BCUT2D eigenvalue weighted by Crippen LogP contribution is -2.20. The zero-order valence-corrected chi connectivity index (χ0v) is 18.6. The van der Waals surface area contributed by atoms with Crippen LogP contribution in [0.15, 0.2) is 36.4 Å². The van der Waals surface area contributed by atoms with E-state index in [0.717, 1.165) is 24.5 Å². The fourth-order valence-electron chi connectivity index (χ4n) is 2.96. The second-order valence-corrected chi connectivity index (χ2v) is 8.84. The molecule has 5 nitrogen and oxygen atoms in total. The standard InChI is InChI=1S/C23H28ClNO4/c1-7-22(3,4)15-9-11-20(18(13-15)23(5,6)8-2)29-19-12-10-16(25(27)28)14-17(19)21(24)26/h9-14H,7-8H2,1-6H3. The van der Waals surface area contributed by atoms with Crippen LogP contribution in [0.1, 0.15) is 75.9 Å². The molecule has 0 bridgehead atoms. The van der Waals surface area contributed by atoms with E-state index >= 15 is 0 Å². The number of nitro benzene ring substituents is 1. The van der Waals surface area contributed by atoms with Gasteiger partial charge in [-0.05, 0) is 53.0 Å². The monoisotopic (exact) mass is 417 g/mol. The third kappa shape index (κ3) is 4.96. The summed E-state index contributed by atoms with van der Waals surface area (Å²) in [6, 6.07) is 9.96. The number of ether oxygens (including phenoxy) is 1. The van der Waals surface area contributed by atoms with Crippen LogP contribution in [0.5, 0.6) is 11.5 Å². The summed E-state index contributed by atoms with van der Waals surface area (Å²) in [4.78, 5) is 22.3. The SMILES string of the molecule is CCC(C)(C)c1ccc(Oc2ccc([N+](=O)[O-])cc2C(=O)Cl)c(C(C)(C)CC)c1. The van der Waals surface area contributed by atoms with E-state index in [1.807, 2.05) is 12.1 Å². The number of hydrogen-bond acceptors (Lipinski definition) is 4. The van der Waals surface area contributed by atoms with Gasteiger partial charge in [-0.1, -0.05) is 53.7 Å². The van der Waals surface area contributed by atoms with Crippen LogP contribution in [0.25, 0.3) is 0 Å². The molecule has 0 spiro atoms. The first kappa shape index (κ1) is 22.9. The quantitative estimate of drug-likeness (QED) is 0.260. The van der Waals surface area contributed by atoms with Crippen LogP contribution in [0, 0.1) is 10.1 Å². The van der Waals surface area contributed by atoms with Gasteiger partial charge in [0.05, 0.1) is 10.5 Å². The maximum absolute atomic E-state index is 11.9. The Bertz CT molecular complexity index is 934. The van der Waals surface area contributed by atoms with Gasteiger partial charge in [-0.15, -0.1) is 0 Å².